The number of carbonyl (C=O) groups excluding carboxylic acids is 1. The van der Waals surface area contributed by atoms with E-state index in [-0.39, 0.29) is 19.0 Å². The molecule has 2 rings (SSSR count). The van der Waals surface area contributed by atoms with E-state index in [9.17, 15) is 17.6 Å². The Morgan fingerprint density at radius 2 is 1.81 bits per heavy atom. The third-order valence-electron chi connectivity index (χ3n) is 3.69. The summed E-state index contributed by atoms with van der Waals surface area (Å²) in [5.41, 5.74) is 4.54. The fourth-order valence-corrected chi connectivity index (χ4v) is 2.96. The third kappa shape index (κ3) is 6.31. The molecule has 7 nitrogen and oxygen atoms in total. The normalized spacial score (nSPS) is 13.7. The maximum absolute atomic E-state index is 13.6. The van der Waals surface area contributed by atoms with Gasteiger partial charge in [0.1, 0.15) is 18.2 Å². The van der Waals surface area contributed by atoms with E-state index < -0.39 is 21.8 Å². The van der Waals surface area contributed by atoms with Gasteiger partial charge in [-0.05, 0) is 30.7 Å². The number of carbonyl (C=O) groups is 1. The topological polar surface area (TPSA) is 108 Å². The average Bonchev–Trinajstić information content (AvgIpc) is 2.58. The molecule has 0 spiro atoms. The Hall–Kier alpha value is -2.49. The second kappa shape index (κ2) is 8.47. The molecule has 0 bridgehead atoms. The van der Waals surface area contributed by atoms with Gasteiger partial charge < -0.3 is 10.5 Å². The molecular weight excluding hydrogens is 375 g/mol. The monoisotopic (exact) mass is 396 g/mol. The number of ether oxygens (including phenoxy) is 1. The highest BCUT2D eigenvalue weighted by Crippen LogP contribution is 2.17. The molecule has 0 fully saturated rings. The molecule has 0 saturated heterocycles. The maximum Gasteiger partial charge on any atom is 0.266 e. The summed E-state index contributed by atoms with van der Waals surface area (Å²) in [5.74, 6) is -0.764. The van der Waals surface area contributed by atoms with Crippen LogP contribution in [0.15, 0.2) is 48.5 Å². The van der Waals surface area contributed by atoms with Crippen molar-refractivity contribution in [3.05, 3.63) is 65.5 Å². The summed E-state index contributed by atoms with van der Waals surface area (Å²) in [4.78, 5) is 11.5. The molecule has 0 radical (unpaired) electrons. The van der Waals surface area contributed by atoms with Crippen LogP contribution < -0.4 is 15.8 Å². The summed E-state index contributed by atoms with van der Waals surface area (Å²) in [7, 11) is -3.89. The number of nitrogens with two attached hydrogens (primary N) is 1. The Morgan fingerprint density at radius 3 is 2.37 bits per heavy atom. The van der Waals surface area contributed by atoms with Crippen molar-refractivity contribution in [1.29, 1.82) is 0 Å². The summed E-state index contributed by atoms with van der Waals surface area (Å²) >= 11 is 0. The lowest BCUT2D eigenvalue weighted by molar-refractivity contribution is -0.134. The van der Waals surface area contributed by atoms with Crippen LogP contribution in [0.1, 0.15) is 18.1 Å². The van der Waals surface area contributed by atoms with Crippen molar-refractivity contribution in [2.45, 2.75) is 25.8 Å². The molecule has 1 atom stereocenters. The summed E-state index contributed by atoms with van der Waals surface area (Å²) in [6.07, 6.45) is 0.831. The lowest BCUT2D eigenvalue weighted by Gasteiger charge is -2.26. The van der Waals surface area contributed by atoms with Crippen LogP contribution in [0, 0.1) is 5.82 Å². The summed E-state index contributed by atoms with van der Waals surface area (Å²) < 4.78 is 46.5. The quantitative estimate of drug-likeness (QED) is 0.493. The molecule has 9 heteroatoms. The highest BCUT2D eigenvalue weighted by molar-refractivity contribution is 7.86. The fraction of sp³-hybridized carbons (Fsp3) is 0.278. The van der Waals surface area contributed by atoms with Gasteiger partial charge in [0.2, 0.25) is 5.72 Å². The van der Waals surface area contributed by atoms with Crippen LogP contribution in [-0.4, -0.2) is 26.3 Å². The number of halogens is 1. The standard InChI is InChI=1S/C18H21FN2O5S/c1-18(17(20)22,26-27(2,23)24)21-11-13-7-9-15(10-8-13)25-12-14-5-3-4-6-16(14)19/h3-10,21H,11-12H2,1-2H3,(H2,20,22)/t18-/m0/s1. The SMILES string of the molecule is C[C@](NCc1ccc(OCc2ccccc2F)cc1)(OS(C)(=O)=O)C(N)=O. The van der Waals surface area contributed by atoms with Crippen molar-refractivity contribution in [2.75, 3.05) is 6.26 Å². The smallest absolute Gasteiger partial charge is 0.266 e. The van der Waals surface area contributed by atoms with E-state index in [4.69, 9.17) is 14.7 Å². The van der Waals surface area contributed by atoms with Crippen LogP contribution in [0.25, 0.3) is 0 Å². The molecule has 0 aliphatic heterocycles. The fourth-order valence-electron chi connectivity index (χ4n) is 2.21. The van der Waals surface area contributed by atoms with Crippen molar-refractivity contribution in [3.8, 4) is 5.75 Å². The Bertz CT molecular complexity index is 902. The van der Waals surface area contributed by atoms with E-state index in [0.29, 0.717) is 11.3 Å². The molecule has 27 heavy (non-hydrogen) atoms. The number of hydrogen-bond donors (Lipinski definition) is 2. The zero-order chi connectivity index (χ0) is 20.1. The van der Waals surface area contributed by atoms with Crippen LogP contribution >= 0.6 is 0 Å². The van der Waals surface area contributed by atoms with E-state index in [1.807, 2.05) is 0 Å². The minimum Gasteiger partial charge on any atom is -0.489 e. The van der Waals surface area contributed by atoms with Crippen molar-refractivity contribution >= 4 is 16.0 Å². The van der Waals surface area contributed by atoms with E-state index >= 15 is 0 Å². The summed E-state index contributed by atoms with van der Waals surface area (Å²) in [5, 5.41) is 2.69. The highest BCUT2D eigenvalue weighted by Gasteiger charge is 2.35. The van der Waals surface area contributed by atoms with Gasteiger partial charge in [0.05, 0.1) is 6.26 Å². The van der Waals surface area contributed by atoms with Gasteiger partial charge in [0, 0.05) is 12.1 Å². The summed E-state index contributed by atoms with van der Waals surface area (Å²) in [6.45, 7) is 1.46. The number of amides is 1. The predicted molar refractivity (Wildman–Crippen MR) is 97.5 cm³/mol. The minimum absolute atomic E-state index is 0.0895. The number of benzene rings is 2. The van der Waals surface area contributed by atoms with Crippen molar-refractivity contribution in [2.24, 2.45) is 5.73 Å². The van der Waals surface area contributed by atoms with E-state index in [2.05, 4.69) is 5.32 Å². The first-order valence-corrected chi connectivity index (χ1v) is 9.81. The second-order valence-electron chi connectivity index (χ2n) is 6.06. The zero-order valence-corrected chi connectivity index (χ0v) is 15.8. The molecule has 0 aromatic heterocycles. The van der Waals surface area contributed by atoms with Gasteiger partial charge in [0.15, 0.2) is 0 Å². The van der Waals surface area contributed by atoms with Gasteiger partial charge in [-0.3, -0.25) is 10.1 Å². The lowest BCUT2D eigenvalue weighted by atomic mass is 10.2. The van der Waals surface area contributed by atoms with Gasteiger partial charge in [-0.25, -0.2) is 8.57 Å². The molecule has 2 aromatic carbocycles. The van der Waals surface area contributed by atoms with Crippen LogP contribution in [0.3, 0.4) is 0 Å². The molecule has 1 amide bonds. The van der Waals surface area contributed by atoms with Gasteiger partial charge in [-0.1, -0.05) is 30.3 Å². The molecule has 0 saturated carbocycles. The Labute approximate surface area is 157 Å². The lowest BCUT2D eigenvalue weighted by Crippen LogP contribution is -2.55. The van der Waals surface area contributed by atoms with Gasteiger partial charge in [0.25, 0.3) is 16.0 Å². The Morgan fingerprint density at radius 1 is 1.19 bits per heavy atom. The van der Waals surface area contributed by atoms with Crippen molar-refractivity contribution < 1.29 is 26.5 Å². The van der Waals surface area contributed by atoms with Crippen LogP contribution in [0.4, 0.5) is 4.39 Å². The van der Waals surface area contributed by atoms with Crippen molar-refractivity contribution in [3.63, 3.8) is 0 Å². The number of primary amides is 1. The third-order valence-corrected chi connectivity index (χ3v) is 4.33. The first-order valence-electron chi connectivity index (χ1n) is 8.00. The van der Waals surface area contributed by atoms with Crippen LogP contribution in [0.2, 0.25) is 0 Å². The van der Waals surface area contributed by atoms with E-state index in [1.54, 1.807) is 42.5 Å². The van der Waals surface area contributed by atoms with E-state index in [1.165, 1.54) is 13.0 Å². The van der Waals surface area contributed by atoms with Crippen molar-refractivity contribution in [1.82, 2.24) is 5.32 Å². The molecule has 2 aromatic rings. The molecule has 0 unspecified atom stereocenters. The Balaban J connectivity index is 1.96. The molecule has 3 N–H and O–H groups in total. The van der Waals surface area contributed by atoms with E-state index in [0.717, 1.165) is 11.8 Å². The van der Waals surface area contributed by atoms with Gasteiger partial charge >= 0.3 is 0 Å². The minimum atomic E-state index is -3.89. The number of nitrogens with one attached hydrogen (secondary N) is 1. The van der Waals surface area contributed by atoms with Gasteiger partial charge in [-0.2, -0.15) is 8.42 Å². The maximum atomic E-state index is 13.6. The predicted octanol–water partition coefficient (Wildman–Crippen LogP) is 1.67. The summed E-state index contributed by atoms with van der Waals surface area (Å²) in [6, 6.07) is 13.1. The molecular formula is C18H21FN2O5S. The molecule has 0 aliphatic rings. The molecule has 146 valence electrons. The highest BCUT2D eigenvalue weighted by atomic mass is 32.2. The first kappa shape index (κ1) is 20.8. The van der Waals surface area contributed by atoms with Gasteiger partial charge in [-0.15, -0.1) is 0 Å². The second-order valence-corrected chi connectivity index (χ2v) is 7.64. The number of hydrogen-bond acceptors (Lipinski definition) is 6. The van der Waals surface area contributed by atoms with Crippen LogP contribution in [-0.2, 0) is 32.2 Å². The molecule has 0 heterocycles. The number of rotatable bonds is 9. The Kier molecular flexibility index (Phi) is 6.53. The molecule has 0 aliphatic carbocycles. The zero-order valence-electron chi connectivity index (χ0n) is 14.9. The average molecular weight is 396 g/mol. The largest absolute Gasteiger partial charge is 0.489 e. The first-order chi connectivity index (χ1) is 12.6. The van der Waals surface area contributed by atoms with Crippen LogP contribution in [0.5, 0.6) is 5.75 Å².